The number of hydrogen-bond donors (Lipinski definition) is 1. The molecule has 0 radical (unpaired) electrons. The molecule has 1 heterocycles. The number of hydrogen-bond acceptors (Lipinski definition) is 5. The molecule has 6 heteroatoms. The zero-order valence-electron chi connectivity index (χ0n) is 5.50. The van der Waals surface area contributed by atoms with Crippen LogP contribution < -0.4 is 35.1 Å². The molecule has 5 nitrogen and oxygen atoms in total. The standard InChI is InChI=1S/C2H3N5.Na.H/c3-1-7-2-4-5-6-7;;/h2H2,(H,4,6);;/q;+1;-1. The van der Waals surface area contributed by atoms with Gasteiger partial charge in [-0.15, -0.1) is 5.11 Å². The second-order valence-electron chi connectivity index (χ2n) is 1.01. The van der Waals surface area contributed by atoms with E-state index in [0.29, 0.717) is 6.67 Å². The topological polar surface area (TPSA) is 63.8 Å². The van der Waals surface area contributed by atoms with Gasteiger partial charge in [0, 0.05) is 0 Å². The number of rotatable bonds is 0. The van der Waals surface area contributed by atoms with Gasteiger partial charge in [-0.3, -0.25) is 0 Å². The summed E-state index contributed by atoms with van der Waals surface area (Å²) >= 11 is 0. The van der Waals surface area contributed by atoms with Gasteiger partial charge in [0.2, 0.25) is 6.19 Å². The van der Waals surface area contributed by atoms with Gasteiger partial charge < -0.3 is 1.43 Å². The van der Waals surface area contributed by atoms with Crippen LogP contribution in [-0.2, 0) is 0 Å². The molecule has 0 spiro atoms. The van der Waals surface area contributed by atoms with Crippen molar-refractivity contribution in [3.63, 3.8) is 0 Å². The molecule has 0 fully saturated rings. The van der Waals surface area contributed by atoms with Gasteiger partial charge in [-0.1, -0.05) is 5.22 Å². The minimum atomic E-state index is 0. The van der Waals surface area contributed by atoms with Crippen molar-refractivity contribution in [3.05, 3.63) is 0 Å². The van der Waals surface area contributed by atoms with Crippen molar-refractivity contribution < 1.29 is 31.0 Å². The molecule has 8 heavy (non-hydrogen) atoms. The summed E-state index contributed by atoms with van der Waals surface area (Å²) in [7, 11) is 0. The number of nitrogens with zero attached hydrogens (tertiary/aromatic N) is 4. The molecule has 0 saturated carbocycles. The van der Waals surface area contributed by atoms with E-state index in [1.165, 1.54) is 5.01 Å². The average Bonchev–Trinajstić information content (AvgIpc) is 2.14. The summed E-state index contributed by atoms with van der Waals surface area (Å²) in [5.41, 5.74) is 2.34. The summed E-state index contributed by atoms with van der Waals surface area (Å²) in [5, 5.41) is 16.0. The summed E-state index contributed by atoms with van der Waals surface area (Å²) in [6, 6.07) is 0. The third kappa shape index (κ3) is 1.66. The first-order valence-electron chi connectivity index (χ1n) is 1.73. The number of hydrazine groups is 1. The van der Waals surface area contributed by atoms with E-state index in [-0.39, 0.29) is 31.0 Å². The number of nitriles is 1. The Kier molecular flexibility index (Phi) is 3.52. The molecule has 1 aliphatic rings. The minimum absolute atomic E-state index is 0. The van der Waals surface area contributed by atoms with Gasteiger partial charge >= 0.3 is 29.6 Å². The van der Waals surface area contributed by atoms with Gasteiger partial charge in [0.15, 0.2) is 6.67 Å². The minimum Gasteiger partial charge on any atom is -1.00 e. The van der Waals surface area contributed by atoms with Crippen LogP contribution in [0, 0.1) is 11.5 Å². The number of nitrogens with one attached hydrogen (secondary N) is 1. The Hall–Kier alpha value is -0.310. The molecular weight excluding hydrogens is 117 g/mol. The van der Waals surface area contributed by atoms with Gasteiger partial charge in [0.05, 0.1) is 0 Å². The molecule has 0 aromatic carbocycles. The monoisotopic (exact) mass is 121 g/mol. The first-order chi connectivity index (χ1) is 3.43. The predicted molar refractivity (Wildman–Crippen MR) is 21.4 cm³/mol. The normalized spacial score (nSPS) is 14.1. The molecule has 0 bridgehead atoms. The Morgan fingerprint density at radius 2 is 2.62 bits per heavy atom. The van der Waals surface area contributed by atoms with Crippen LogP contribution in [0.3, 0.4) is 0 Å². The van der Waals surface area contributed by atoms with Crippen LogP contribution in [0.15, 0.2) is 10.3 Å². The van der Waals surface area contributed by atoms with Gasteiger partial charge in [-0.2, -0.15) is 15.8 Å². The fraction of sp³-hybridized carbons (Fsp3) is 0.500. The van der Waals surface area contributed by atoms with E-state index in [1.807, 2.05) is 0 Å². The molecule has 1 rings (SSSR count). The summed E-state index contributed by atoms with van der Waals surface area (Å²) in [4.78, 5) is 0. The van der Waals surface area contributed by atoms with Crippen LogP contribution in [0.1, 0.15) is 1.43 Å². The third-order valence-electron chi connectivity index (χ3n) is 0.562. The van der Waals surface area contributed by atoms with Gasteiger partial charge in [0.25, 0.3) is 0 Å². The van der Waals surface area contributed by atoms with E-state index in [1.54, 1.807) is 6.19 Å². The molecule has 1 N–H and O–H groups in total. The maximum atomic E-state index is 8.06. The van der Waals surface area contributed by atoms with E-state index >= 15 is 0 Å². The average molecular weight is 121 g/mol. The zero-order valence-corrected chi connectivity index (χ0v) is 6.50. The van der Waals surface area contributed by atoms with Gasteiger partial charge in [0.1, 0.15) is 0 Å². The van der Waals surface area contributed by atoms with Crippen LogP contribution in [-0.4, -0.2) is 11.7 Å². The SMILES string of the molecule is N#CN1CN=NN1.[H-].[Na+]. The molecule has 0 aromatic heterocycles. The molecular formula is C2H4N5Na. The van der Waals surface area contributed by atoms with Crippen molar-refractivity contribution in [3.8, 4) is 6.19 Å². The second kappa shape index (κ2) is 3.66. The molecule has 38 valence electrons. The quantitative estimate of drug-likeness (QED) is 0.270. The van der Waals surface area contributed by atoms with Crippen LogP contribution in [0.2, 0.25) is 0 Å². The maximum Gasteiger partial charge on any atom is 1.00 e. The Bertz CT molecular complexity index is 121. The van der Waals surface area contributed by atoms with E-state index in [9.17, 15) is 0 Å². The van der Waals surface area contributed by atoms with E-state index in [0.717, 1.165) is 0 Å². The molecule has 0 amide bonds. The van der Waals surface area contributed by atoms with E-state index in [2.05, 4.69) is 15.9 Å². The molecule has 0 aliphatic carbocycles. The van der Waals surface area contributed by atoms with E-state index in [4.69, 9.17) is 5.26 Å². The van der Waals surface area contributed by atoms with Gasteiger partial charge in [-0.05, 0) is 0 Å². The summed E-state index contributed by atoms with van der Waals surface area (Å²) < 4.78 is 0. The van der Waals surface area contributed by atoms with Crippen LogP contribution in [0.25, 0.3) is 0 Å². The Labute approximate surface area is 70.1 Å². The van der Waals surface area contributed by atoms with Crippen molar-refractivity contribution in [2.75, 3.05) is 6.67 Å². The van der Waals surface area contributed by atoms with Crippen LogP contribution >= 0.6 is 0 Å². The fourth-order valence-electron chi connectivity index (χ4n) is 0.266. The van der Waals surface area contributed by atoms with Crippen LogP contribution in [0.5, 0.6) is 0 Å². The van der Waals surface area contributed by atoms with Crippen molar-refractivity contribution in [1.29, 1.82) is 5.26 Å². The largest absolute Gasteiger partial charge is 1.00 e. The first kappa shape index (κ1) is 7.69. The molecule has 0 saturated heterocycles. The molecule has 1 aliphatic heterocycles. The summed E-state index contributed by atoms with van der Waals surface area (Å²) in [6.07, 6.45) is 1.80. The smallest absolute Gasteiger partial charge is 1.00 e. The Morgan fingerprint density at radius 1 is 1.88 bits per heavy atom. The van der Waals surface area contributed by atoms with Crippen molar-refractivity contribution in [2.24, 2.45) is 10.3 Å². The predicted octanol–water partition coefficient (Wildman–Crippen LogP) is -3.27. The van der Waals surface area contributed by atoms with Crippen molar-refractivity contribution in [2.45, 2.75) is 0 Å². The summed E-state index contributed by atoms with van der Waals surface area (Å²) in [5.74, 6) is 0. The Balaban J connectivity index is 0. The maximum absolute atomic E-state index is 8.06. The first-order valence-corrected chi connectivity index (χ1v) is 1.73. The fourth-order valence-corrected chi connectivity index (χ4v) is 0.266. The molecule has 0 unspecified atom stereocenters. The summed E-state index contributed by atoms with van der Waals surface area (Å²) in [6.45, 7) is 0.330. The second-order valence-corrected chi connectivity index (χ2v) is 1.01. The molecule has 0 atom stereocenters. The van der Waals surface area contributed by atoms with Crippen molar-refractivity contribution >= 4 is 0 Å². The van der Waals surface area contributed by atoms with Crippen molar-refractivity contribution in [1.82, 2.24) is 10.5 Å². The van der Waals surface area contributed by atoms with E-state index < -0.39 is 0 Å². The Morgan fingerprint density at radius 3 is 2.88 bits per heavy atom. The van der Waals surface area contributed by atoms with Crippen LogP contribution in [0.4, 0.5) is 0 Å². The van der Waals surface area contributed by atoms with Gasteiger partial charge in [-0.25, -0.2) is 0 Å². The zero-order chi connectivity index (χ0) is 5.11. The third-order valence-corrected chi connectivity index (χ3v) is 0.562. The molecule has 0 aromatic rings.